The molecule has 1 fully saturated rings. The van der Waals surface area contributed by atoms with E-state index in [0.717, 1.165) is 37.9 Å². The number of aromatic nitrogens is 2. The molecule has 28 heavy (non-hydrogen) atoms. The Kier molecular flexibility index (Phi) is 8.49. The van der Waals surface area contributed by atoms with E-state index in [1.807, 2.05) is 13.0 Å². The highest BCUT2D eigenvalue weighted by molar-refractivity contribution is 7.91. The summed E-state index contributed by atoms with van der Waals surface area (Å²) in [5, 5.41) is 7.42. The van der Waals surface area contributed by atoms with E-state index in [4.69, 9.17) is 0 Å². The van der Waals surface area contributed by atoms with Gasteiger partial charge in [0.1, 0.15) is 5.82 Å². The van der Waals surface area contributed by atoms with Crippen LogP contribution in [-0.2, 0) is 14.6 Å². The Hall–Kier alpha value is -1.41. The Bertz CT molecular complexity index is 745. The fourth-order valence-electron chi connectivity index (χ4n) is 3.84. The summed E-state index contributed by atoms with van der Waals surface area (Å²) >= 11 is 0. The third-order valence-corrected chi connectivity index (χ3v) is 7.16. The van der Waals surface area contributed by atoms with Crippen molar-refractivity contribution in [2.45, 2.75) is 78.3 Å². The van der Waals surface area contributed by atoms with E-state index in [-0.39, 0.29) is 23.5 Å². The lowest BCUT2D eigenvalue weighted by atomic mass is 10.1. The zero-order valence-corrected chi connectivity index (χ0v) is 18.6. The quantitative estimate of drug-likeness (QED) is 0.564. The fourth-order valence-corrected chi connectivity index (χ4v) is 5.54. The third kappa shape index (κ3) is 6.58. The summed E-state index contributed by atoms with van der Waals surface area (Å²) in [6.07, 6.45) is 6.12. The molecule has 0 bridgehead atoms. The van der Waals surface area contributed by atoms with E-state index in [1.165, 1.54) is 6.42 Å². The number of nitrogens with one attached hydrogen (secondary N) is 1. The number of carbonyl (C=O) groups excluding carboxylic acids is 1. The van der Waals surface area contributed by atoms with Gasteiger partial charge in [0.25, 0.3) is 0 Å². The summed E-state index contributed by atoms with van der Waals surface area (Å²) in [5.74, 6) is 0.805. The first-order valence-electron chi connectivity index (χ1n) is 10.6. The minimum Gasteiger partial charge on any atom is -0.310 e. The van der Waals surface area contributed by atoms with Crippen LogP contribution in [0.5, 0.6) is 0 Å². The van der Waals surface area contributed by atoms with Crippen molar-refractivity contribution < 1.29 is 13.2 Å². The van der Waals surface area contributed by atoms with Gasteiger partial charge in [-0.15, -0.1) is 0 Å². The normalized spacial score (nSPS) is 19.8. The molecule has 0 aromatic carbocycles. The molecule has 1 amide bonds. The molecule has 7 nitrogen and oxygen atoms in total. The van der Waals surface area contributed by atoms with Gasteiger partial charge in [0.2, 0.25) is 5.91 Å². The van der Waals surface area contributed by atoms with Gasteiger partial charge in [-0.2, -0.15) is 5.10 Å². The zero-order chi connectivity index (χ0) is 20.7. The molecule has 1 aromatic heterocycles. The van der Waals surface area contributed by atoms with Crippen LogP contribution in [0.1, 0.15) is 71.0 Å². The van der Waals surface area contributed by atoms with Crippen LogP contribution in [0.15, 0.2) is 6.07 Å². The van der Waals surface area contributed by atoms with Gasteiger partial charge in [0.15, 0.2) is 9.84 Å². The molecule has 1 aromatic rings. The Morgan fingerprint density at radius 1 is 1.36 bits per heavy atom. The molecule has 2 heterocycles. The predicted octanol–water partition coefficient (Wildman–Crippen LogP) is 3.17. The van der Waals surface area contributed by atoms with E-state index in [9.17, 15) is 13.2 Å². The Morgan fingerprint density at radius 2 is 2.11 bits per heavy atom. The largest absolute Gasteiger partial charge is 0.310 e. The van der Waals surface area contributed by atoms with E-state index in [0.29, 0.717) is 24.8 Å². The summed E-state index contributed by atoms with van der Waals surface area (Å²) in [5.41, 5.74) is 0.777. The second kappa shape index (κ2) is 10.4. The molecule has 1 aliphatic heterocycles. The average molecular weight is 413 g/mol. The minimum absolute atomic E-state index is 0.0681. The number of anilines is 1. The first-order valence-corrected chi connectivity index (χ1v) is 12.4. The van der Waals surface area contributed by atoms with Gasteiger partial charge in [-0.05, 0) is 39.7 Å². The Labute approximate surface area is 169 Å². The molecular formula is C20H36N4O3S. The van der Waals surface area contributed by atoms with Crippen molar-refractivity contribution in [1.82, 2.24) is 14.7 Å². The van der Waals surface area contributed by atoms with Gasteiger partial charge >= 0.3 is 0 Å². The molecule has 160 valence electrons. The van der Waals surface area contributed by atoms with Gasteiger partial charge in [-0.25, -0.2) is 13.1 Å². The third-order valence-electron chi connectivity index (χ3n) is 5.41. The van der Waals surface area contributed by atoms with Crippen molar-refractivity contribution in [3.63, 3.8) is 0 Å². The first-order chi connectivity index (χ1) is 13.3. The minimum atomic E-state index is -3.01. The van der Waals surface area contributed by atoms with E-state index < -0.39 is 9.84 Å². The Morgan fingerprint density at radius 3 is 2.71 bits per heavy atom. The van der Waals surface area contributed by atoms with Crippen LogP contribution in [0.2, 0.25) is 0 Å². The van der Waals surface area contributed by atoms with Gasteiger partial charge in [-0.1, -0.05) is 33.1 Å². The fraction of sp³-hybridized carbons (Fsp3) is 0.800. The second-order valence-corrected chi connectivity index (χ2v) is 10.3. The number of unbranched alkanes of at least 4 members (excludes halogenated alkanes) is 2. The SMILES string of the molecule is CCCCCN(CC(=O)Nc1cc(C)nn1C1CCS(=O)(=O)C1)C(C)CCC. The van der Waals surface area contributed by atoms with Crippen molar-refractivity contribution in [2.24, 2.45) is 0 Å². The number of amides is 1. The van der Waals surface area contributed by atoms with Crippen molar-refractivity contribution in [1.29, 1.82) is 0 Å². The topological polar surface area (TPSA) is 84.3 Å². The summed E-state index contributed by atoms with van der Waals surface area (Å²) in [6, 6.07) is 1.98. The van der Waals surface area contributed by atoms with Crippen LogP contribution < -0.4 is 5.32 Å². The maximum atomic E-state index is 12.8. The summed E-state index contributed by atoms with van der Waals surface area (Å²) in [4.78, 5) is 15.0. The molecule has 0 saturated carbocycles. The van der Waals surface area contributed by atoms with E-state index in [1.54, 1.807) is 4.68 Å². The van der Waals surface area contributed by atoms with Crippen molar-refractivity contribution >= 4 is 21.6 Å². The molecular weight excluding hydrogens is 376 g/mol. The predicted molar refractivity (Wildman–Crippen MR) is 113 cm³/mol. The number of aryl methyl sites for hydroxylation is 1. The molecule has 2 atom stereocenters. The number of carbonyl (C=O) groups is 1. The van der Waals surface area contributed by atoms with Crippen LogP contribution in [0.4, 0.5) is 5.82 Å². The molecule has 0 spiro atoms. The first kappa shape index (κ1) is 22.9. The number of rotatable bonds is 11. The lowest BCUT2D eigenvalue weighted by molar-refractivity contribution is -0.117. The van der Waals surface area contributed by atoms with Crippen LogP contribution >= 0.6 is 0 Å². The van der Waals surface area contributed by atoms with Crippen molar-refractivity contribution in [2.75, 3.05) is 29.9 Å². The van der Waals surface area contributed by atoms with Crippen LogP contribution in [0.25, 0.3) is 0 Å². The second-order valence-electron chi connectivity index (χ2n) is 8.04. The molecule has 0 aliphatic carbocycles. The highest BCUT2D eigenvalue weighted by atomic mass is 32.2. The smallest absolute Gasteiger partial charge is 0.239 e. The standard InChI is InChI=1S/C20H36N4O3S/c1-5-7-8-11-23(17(4)9-6-2)14-20(25)21-19-13-16(3)22-24(19)18-10-12-28(26,27)15-18/h13,17-18H,5-12,14-15H2,1-4H3,(H,21,25). The monoisotopic (exact) mass is 412 g/mol. The van der Waals surface area contributed by atoms with E-state index >= 15 is 0 Å². The molecule has 0 radical (unpaired) electrons. The van der Waals surface area contributed by atoms with Gasteiger partial charge in [0.05, 0.1) is 29.8 Å². The molecule has 1 saturated heterocycles. The maximum absolute atomic E-state index is 12.8. The number of hydrogen-bond donors (Lipinski definition) is 1. The number of sulfone groups is 1. The van der Waals surface area contributed by atoms with Crippen LogP contribution in [0, 0.1) is 6.92 Å². The lowest BCUT2D eigenvalue weighted by Gasteiger charge is -2.28. The number of nitrogens with zero attached hydrogens (tertiary/aromatic N) is 3. The summed E-state index contributed by atoms with van der Waals surface area (Å²) in [6.45, 7) is 9.65. The highest BCUT2D eigenvalue weighted by Crippen LogP contribution is 2.27. The zero-order valence-electron chi connectivity index (χ0n) is 17.8. The maximum Gasteiger partial charge on any atom is 0.239 e. The molecule has 8 heteroatoms. The molecule has 1 N–H and O–H groups in total. The van der Waals surface area contributed by atoms with Crippen molar-refractivity contribution in [3.8, 4) is 0 Å². The Balaban J connectivity index is 2.04. The van der Waals surface area contributed by atoms with E-state index in [2.05, 4.69) is 36.1 Å². The van der Waals surface area contributed by atoms with Crippen LogP contribution in [-0.4, -0.2) is 59.6 Å². The van der Waals surface area contributed by atoms with Gasteiger partial charge in [-0.3, -0.25) is 9.69 Å². The lowest BCUT2D eigenvalue weighted by Crippen LogP contribution is -2.40. The van der Waals surface area contributed by atoms with Crippen molar-refractivity contribution in [3.05, 3.63) is 11.8 Å². The molecule has 2 rings (SSSR count). The number of hydrogen-bond acceptors (Lipinski definition) is 5. The van der Waals surface area contributed by atoms with Gasteiger partial charge < -0.3 is 5.32 Å². The van der Waals surface area contributed by atoms with Gasteiger partial charge in [0, 0.05) is 12.1 Å². The highest BCUT2D eigenvalue weighted by Gasteiger charge is 2.31. The van der Waals surface area contributed by atoms with Crippen LogP contribution in [0.3, 0.4) is 0 Å². The molecule has 2 unspecified atom stereocenters. The average Bonchev–Trinajstić information content (AvgIpc) is 3.15. The summed E-state index contributed by atoms with van der Waals surface area (Å²) in [7, 11) is -3.01. The molecule has 1 aliphatic rings. The summed E-state index contributed by atoms with van der Waals surface area (Å²) < 4.78 is 25.3.